The fraction of sp³-hybridized carbons (Fsp3) is 0.333. The van der Waals surface area contributed by atoms with Crippen LogP contribution in [0.4, 0.5) is 0 Å². The third-order valence-electron chi connectivity index (χ3n) is 2.39. The maximum atomic E-state index is 5.29. The van der Waals surface area contributed by atoms with Crippen LogP contribution < -0.4 is 9.47 Å². The largest absolute Gasteiger partial charge is 0.497 e. The molecule has 86 valence electrons. The summed E-state index contributed by atoms with van der Waals surface area (Å²) < 4.78 is 20.7. The first-order chi connectivity index (χ1) is 7.83. The van der Waals surface area contributed by atoms with Crippen LogP contribution in [-0.4, -0.2) is 21.0 Å². The molecule has 0 amide bonds. The van der Waals surface area contributed by atoms with Gasteiger partial charge in [-0.05, 0) is 6.07 Å². The van der Waals surface area contributed by atoms with E-state index in [1.165, 1.54) is 0 Å². The van der Waals surface area contributed by atoms with Crippen molar-refractivity contribution in [2.45, 2.75) is 6.42 Å². The fourth-order valence-corrected chi connectivity index (χ4v) is 1.55. The molecule has 0 fully saturated rings. The summed E-state index contributed by atoms with van der Waals surface area (Å²) in [4.78, 5) is 0. The average molecular weight is 222 g/mol. The Balaban J connectivity index is 2.19. The fourth-order valence-electron chi connectivity index (χ4n) is 1.55. The molecule has 0 spiro atoms. The molecular weight excluding hydrogens is 208 g/mol. The van der Waals surface area contributed by atoms with Crippen LogP contribution in [-0.2, 0) is 15.9 Å². The van der Waals surface area contributed by atoms with E-state index in [0.29, 0.717) is 13.2 Å². The van der Waals surface area contributed by atoms with Crippen molar-refractivity contribution in [3.63, 3.8) is 0 Å². The van der Waals surface area contributed by atoms with E-state index in [2.05, 4.69) is 0 Å². The van der Waals surface area contributed by atoms with E-state index in [4.69, 9.17) is 18.9 Å². The number of methoxy groups -OCH3 is 2. The number of hydrogen-bond acceptors (Lipinski definition) is 4. The molecule has 1 aromatic carbocycles. The van der Waals surface area contributed by atoms with Gasteiger partial charge in [0.05, 0.1) is 14.2 Å². The van der Waals surface area contributed by atoms with Crippen LogP contribution in [0.1, 0.15) is 5.56 Å². The molecule has 0 aromatic heterocycles. The molecule has 0 atom stereocenters. The van der Waals surface area contributed by atoms with Gasteiger partial charge in [0.1, 0.15) is 23.5 Å². The van der Waals surface area contributed by atoms with E-state index in [-0.39, 0.29) is 0 Å². The zero-order chi connectivity index (χ0) is 11.4. The lowest BCUT2D eigenvalue weighted by Crippen LogP contribution is -1.96. The minimum atomic E-state index is 0.299. The van der Waals surface area contributed by atoms with E-state index in [9.17, 15) is 0 Å². The third-order valence-corrected chi connectivity index (χ3v) is 2.39. The lowest BCUT2D eigenvalue weighted by Gasteiger charge is -2.10. The smallest absolute Gasteiger partial charge is 0.229 e. The zero-order valence-electron chi connectivity index (χ0n) is 9.36. The number of hydrogen-bond donors (Lipinski definition) is 0. The van der Waals surface area contributed by atoms with E-state index < -0.39 is 0 Å². The Bertz CT molecular complexity index is 398. The summed E-state index contributed by atoms with van der Waals surface area (Å²) in [5, 5.41) is 0. The molecule has 0 aliphatic carbocycles. The van der Waals surface area contributed by atoms with Gasteiger partial charge in [0, 0.05) is 18.1 Å². The maximum Gasteiger partial charge on any atom is 0.229 e. The van der Waals surface area contributed by atoms with Crippen molar-refractivity contribution in [2.75, 3.05) is 21.0 Å². The molecule has 1 heterocycles. The van der Waals surface area contributed by atoms with Crippen molar-refractivity contribution in [1.82, 2.24) is 0 Å². The van der Waals surface area contributed by atoms with Crippen LogP contribution in [0, 0.1) is 0 Å². The predicted molar refractivity (Wildman–Crippen MR) is 58.4 cm³/mol. The zero-order valence-corrected chi connectivity index (χ0v) is 9.36. The van der Waals surface area contributed by atoms with Crippen LogP contribution in [0.3, 0.4) is 0 Å². The monoisotopic (exact) mass is 222 g/mol. The summed E-state index contributed by atoms with van der Waals surface area (Å²) in [6.45, 7) is 0.299. The first-order valence-corrected chi connectivity index (χ1v) is 4.98. The van der Waals surface area contributed by atoms with Gasteiger partial charge in [-0.2, -0.15) is 0 Å². The highest BCUT2D eigenvalue weighted by Crippen LogP contribution is 2.27. The normalized spacial score (nSPS) is 13.8. The van der Waals surface area contributed by atoms with E-state index >= 15 is 0 Å². The molecule has 0 bridgehead atoms. The van der Waals surface area contributed by atoms with Crippen LogP contribution in [0.15, 0.2) is 30.2 Å². The van der Waals surface area contributed by atoms with E-state index in [1.807, 2.05) is 18.2 Å². The summed E-state index contributed by atoms with van der Waals surface area (Å²) in [5.74, 6) is 2.37. The topological polar surface area (TPSA) is 36.9 Å². The summed E-state index contributed by atoms with van der Waals surface area (Å²) in [7, 11) is 3.27. The van der Waals surface area contributed by atoms with Gasteiger partial charge in [0.25, 0.3) is 0 Å². The first kappa shape index (κ1) is 10.7. The Labute approximate surface area is 94.4 Å². The van der Waals surface area contributed by atoms with Crippen LogP contribution in [0.2, 0.25) is 0 Å². The van der Waals surface area contributed by atoms with Crippen molar-refractivity contribution < 1.29 is 18.9 Å². The van der Waals surface area contributed by atoms with Crippen LogP contribution in [0.5, 0.6) is 11.5 Å². The lowest BCUT2D eigenvalue weighted by molar-refractivity contribution is 0.0790. The molecule has 1 aliphatic rings. The van der Waals surface area contributed by atoms with Crippen molar-refractivity contribution in [3.05, 3.63) is 35.8 Å². The van der Waals surface area contributed by atoms with Gasteiger partial charge >= 0.3 is 0 Å². The van der Waals surface area contributed by atoms with Crippen molar-refractivity contribution in [3.8, 4) is 11.5 Å². The second-order valence-corrected chi connectivity index (χ2v) is 3.37. The molecule has 1 aliphatic heterocycles. The average Bonchev–Trinajstić information content (AvgIpc) is 2.82. The Kier molecular flexibility index (Phi) is 3.19. The van der Waals surface area contributed by atoms with Crippen molar-refractivity contribution in [2.24, 2.45) is 0 Å². The molecule has 2 rings (SSSR count). The van der Waals surface area contributed by atoms with Gasteiger partial charge in [-0.25, -0.2) is 0 Å². The quantitative estimate of drug-likeness (QED) is 0.781. The van der Waals surface area contributed by atoms with Gasteiger partial charge in [0.15, 0.2) is 0 Å². The van der Waals surface area contributed by atoms with Crippen LogP contribution >= 0.6 is 0 Å². The summed E-state index contributed by atoms with van der Waals surface area (Å²) in [6.07, 6.45) is 2.29. The number of allylic oxidation sites excluding steroid dienone is 1. The van der Waals surface area contributed by atoms with Gasteiger partial charge in [-0.1, -0.05) is 6.07 Å². The Morgan fingerprint density at radius 1 is 1.25 bits per heavy atom. The Morgan fingerprint density at radius 3 is 2.75 bits per heavy atom. The van der Waals surface area contributed by atoms with Gasteiger partial charge in [-0.15, -0.1) is 0 Å². The van der Waals surface area contributed by atoms with E-state index in [1.54, 1.807) is 20.5 Å². The molecule has 1 aromatic rings. The highest BCUT2D eigenvalue weighted by Gasteiger charge is 2.11. The molecule has 0 saturated heterocycles. The van der Waals surface area contributed by atoms with E-state index in [0.717, 1.165) is 22.8 Å². The van der Waals surface area contributed by atoms with Gasteiger partial charge < -0.3 is 18.9 Å². The standard InChI is InChI=1S/C12H14O4/c1-13-10-4-3-9(12(6-10)14-2)5-11-7-15-8-16-11/h3-4,6-7H,5,8H2,1-2H3. The summed E-state index contributed by atoms with van der Waals surface area (Å²) in [5.41, 5.74) is 1.04. The molecule has 4 nitrogen and oxygen atoms in total. The number of rotatable bonds is 4. The van der Waals surface area contributed by atoms with Crippen molar-refractivity contribution in [1.29, 1.82) is 0 Å². The van der Waals surface area contributed by atoms with Crippen LogP contribution in [0.25, 0.3) is 0 Å². The van der Waals surface area contributed by atoms with Gasteiger partial charge in [-0.3, -0.25) is 0 Å². The van der Waals surface area contributed by atoms with Crippen molar-refractivity contribution >= 4 is 0 Å². The minimum absolute atomic E-state index is 0.299. The molecule has 0 radical (unpaired) electrons. The number of benzene rings is 1. The SMILES string of the molecule is COc1ccc(CC2=COCO2)c(OC)c1. The molecular formula is C12H14O4. The highest BCUT2D eigenvalue weighted by atomic mass is 16.7. The number of ether oxygens (including phenoxy) is 4. The minimum Gasteiger partial charge on any atom is -0.497 e. The first-order valence-electron chi connectivity index (χ1n) is 4.98. The second kappa shape index (κ2) is 4.79. The third kappa shape index (κ3) is 2.21. The van der Waals surface area contributed by atoms with Gasteiger partial charge in [0.2, 0.25) is 6.79 Å². The summed E-state index contributed by atoms with van der Waals surface area (Å²) in [6, 6.07) is 5.71. The Morgan fingerprint density at radius 2 is 2.12 bits per heavy atom. The second-order valence-electron chi connectivity index (χ2n) is 3.37. The molecule has 4 heteroatoms. The molecule has 0 unspecified atom stereocenters. The predicted octanol–water partition coefficient (Wildman–Crippen LogP) is 2.09. The molecule has 0 N–H and O–H groups in total. The lowest BCUT2D eigenvalue weighted by atomic mass is 10.1. The highest BCUT2D eigenvalue weighted by molar-refractivity contribution is 5.42. The Hall–Kier alpha value is -1.84. The maximum absolute atomic E-state index is 5.29. The molecule has 0 saturated carbocycles. The molecule has 16 heavy (non-hydrogen) atoms. The summed E-state index contributed by atoms with van der Waals surface area (Å²) >= 11 is 0.